The standard InChI is InChI=1S/C49H89NO5/c1-4-7-10-13-16-19-22-24-27-30-33-36-39-42-49(54)55-45(40-37-34-31-28-26-23-20-17-14-11-8-5-2)43-48(53)50-46(44-51)47(52)41-38-35-32-29-25-21-18-15-12-9-6-3/h8,11,17,20,24,26-28,45-47,51-52H,4-7,9-10,12-16,18-19,21-23,25,29-44H2,1-3H3,(H,50,53)/b11-8+,20-17+,27-24-,28-26+. The Morgan fingerprint density at radius 3 is 1.53 bits per heavy atom. The van der Waals surface area contributed by atoms with Crippen LogP contribution in [0.3, 0.4) is 0 Å². The SMILES string of the molecule is CC/C=C/C/C=C/C/C=C/CCCCC(CC(=O)NC(CO)C(O)CCCCCCCCCCCCC)OC(=O)CCCCC/C=C\CCCCCCCC. The molecule has 6 heteroatoms. The molecule has 3 N–H and O–H groups in total. The molecule has 0 aromatic heterocycles. The lowest BCUT2D eigenvalue weighted by molar-refractivity contribution is -0.151. The summed E-state index contributed by atoms with van der Waals surface area (Å²) in [5.41, 5.74) is 0. The van der Waals surface area contributed by atoms with Gasteiger partial charge in [-0.1, -0.05) is 179 Å². The van der Waals surface area contributed by atoms with Gasteiger partial charge in [0.05, 0.1) is 25.2 Å². The minimum Gasteiger partial charge on any atom is -0.462 e. The first-order valence-electron chi connectivity index (χ1n) is 23.4. The minimum atomic E-state index is -0.798. The van der Waals surface area contributed by atoms with Crippen molar-refractivity contribution in [3.63, 3.8) is 0 Å². The predicted octanol–water partition coefficient (Wildman–Crippen LogP) is 13.5. The van der Waals surface area contributed by atoms with Gasteiger partial charge in [0.1, 0.15) is 6.10 Å². The molecule has 0 bridgehead atoms. The van der Waals surface area contributed by atoms with Crippen molar-refractivity contribution in [2.24, 2.45) is 0 Å². The Bertz CT molecular complexity index is 957. The summed E-state index contributed by atoms with van der Waals surface area (Å²) in [6.07, 6.45) is 50.3. The Hall–Kier alpha value is -2.18. The van der Waals surface area contributed by atoms with Crippen molar-refractivity contribution < 1.29 is 24.5 Å². The average Bonchev–Trinajstić information content (AvgIpc) is 3.18. The summed E-state index contributed by atoms with van der Waals surface area (Å²) in [4.78, 5) is 26.0. The second kappa shape index (κ2) is 43.0. The van der Waals surface area contributed by atoms with Gasteiger partial charge in [-0.3, -0.25) is 9.59 Å². The van der Waals surface area contributed by atoms with E-state index in [9.17, 15) is 19.8 Å². The lowest BCUT2D eigenvalue weighted by Gasteiger charge is -2.24. The number of aliphatic hydroxyl groups is 2. The summed E-state index contributed by atoms with van der Waals surface area (Å²) >= 11 is 0. The molecule has 3 atom stereocenters. The van der Waals surface area contributed by atoms with Crippen LogP contribution in [-0.2, 0) is 14.3 Å². The van der Waals surface area contributed by atoms with E-state index in [4.69, 9.17) is 4.74 Å². The maximum absolute atomic E-state index is 13.1. The summed E-state index contributed by atoms with van der Waals surface area (Å²) < 4.78 is 5.88. The van der Waals surface area contributed by atoms with Crippen molar-refractivity contribution in [1.82, 2.24) is 5.32 Å². The number of unbranched alkanes of at least 4 members (excludes halogenated alkanes) is 21. The molecule has 0 aliphatic rings. The van der Waals surface area contributed by atoms with Crippen molar-refractivity contribution in [2.75, 3.05) is 6.61 Å². The highest BCUT2D eigenvalue weighted by atomic mass is 16.5. The fourth-order valence-electron chi connectivity index (χ4n) is 6.85. The molecule has 3 unspecified atom stereocenters. The number of rotatable bonds is 41. The quantitative estimate of drug-likeness (QED) is 0.0327. The lowest BCUT2D eigenvalue weighted by Crippen LogP contribution is -2.46. The molecule has 0 saturated heterocycles. The molecular formula is C49H89NO5. The number of carbonyl (C=O) groups is 2. The van der Waals surface area contributed by atoms with Gasteiger partial charge in [0.2, 0.25) is 5.91 Å². The summed E-state index contributed by atoms with van der Waals surface area (Å²) in [6, 6.07) is -0.714. The maximum atomic E-state index is 13.1. The number of hydrogen-bond donors (Lipinski definition) is 3. The van der Waals surface area contributed by atoms with Crippen LogP contribution in [0.2, 0.25) is 0 Å². The molecule has 0 aliphatic carbocycles. The topological polar surface area (TPSA) is 95.9 Å². The zero-order valence-electron chi connectivity index (χ0n) is 36.3. The molecule has 0 heterocycles. The van der Waals surface area contributed by atoms with Crippen LogP contribution in [0.15, 0.2) is 48.6 Å². The zero-order valence-corrected chi connectivity index (χ0v) is 36.3. The highest BCUT2D eigenvalue weighted by Crippen LogP contribution is 2.16. The molecule has 0 radical (unpaired) electrons. The molecule has 0 rings (SSSR count). The van der Waals surface area contributed by atoms with E-state index >= 15 is 0 Å². The van der Waals surface area contributed by atoms with Crippen molar-refractivity contribution in [2.45, 2.75) is 244 Å². The van der Waals surface area contributed by atoms with Crippen molar-refractivity contribution in [1.29, 1.82) is 0 Å². The Kier molecular flexibility index (Phi) is 41.2. The molecule has 0 aromatic rings. The van der Waals surface area contributed by atoms with Crippen LogP contribution in [0.5, 0.6) is 0 Å². The van der Waals surface area contributed by atoms with Crippen LogP contribution in [0.25, 0.3) is 0 Å². The number of nitrogens with one attached hydrogen (secondary N) is 1. The Labute approximate surface area is 340 Å². The average molecular weight is 772 g/mol. The monoisotopic (exact) mass is 772 g/mol. The molecule has 0 saturated carbocycles. The van der Waals surface area contributed by atoms with E-state index in [1.165, 1.54) is 89.9 Å². The maximum Gasteiger partial charge on any atom is 0.306 e. The van der Waals surface area contributed by atoms with E-state index in [1.54, 1.807) is 0 Å². The Balaban J connectivity index is 4.67. The molecule has 320 valence electrons. The number of ether oxygens (including phenoxy) is 1. The van der Waals surface area contributed by atoms with Gasteiger partial charge >= 0.3 is 5.97 Å². The van der Waals surface area contributed by atoms with E-state index in [2.05, 4.69) is 74.7 Å². The van der Waals surface area contributed by atoms with Gasteiger partial charge in [-0.2, -0.15) is 0 Å². The largest absolute Gasteiger partial charge is 0.462 e. The van der Waals surface area contributed by atoms with E-state index in [-0.39, 0.29) is 24.9 Å². The van der Waals surface area contributed by atoms with E-state index in [0.717, 1.165) is 89.9 Å². The van der Waals surface area contributed by atoms with Crippen LogP contribution in [0.1, 0.15) is 226 Å². The van der Waals surface area contributed by atoms with Crippen LogP contribution >= 0.6 is 0 Å². The summed E-state index contributed by atoms with van der Waals surface area (Å²) in [7, 11) is 0. The first-order valence-corrected chi connectivity index (χ1v) is 23.4. The summed E-state index contributed by atoms with van der Waals surface area (Å²) in [5, 5.41) is 23.6. The van der Waals surface area contributed by atoms with Crippen molar-refractivity contribution in [3.05, 3.63) is 48.6 Å². The second-order valence-electron chi connectivity index (χ2n) is 15.8. The molecule has 6 nitrogen and oxygen atoms in total. The highest BCUT2D eigenvalue weighted by Gasteiger charge is 2.24. The van der Waals surface area contributed by atoms with E-state index in [1.807, 2.05) is 0 Å². The summed E-state index contributed by atoms with van der Waals surface area (Å²) in [5.74, 6) is -0.532. The van der Waals surface area contributed by atoms with Gasteiger partial charge in [-0.15, -0.1) is 0 Å². The van der Waals surface area contributed by atoms with Crippen LogP contribution in [0.4, 0.5) is 0 Å². The van der Waals surface area contributed by atoms with Gasteiger partial charge in [0, 0.05) is 6.42 Å². The molecule has 1 amide bonds. The number of hydrogen-bond acceptors (Lipinski definition) is 5. The van der Waals surface area contributed by atoms with E-state index in [0.29, 0.717) is 19.3 Å². The van der Waals surface area contributed by atoms with Gasteiger partial charge < -0.3 is 20.3 Å². The third-order valence-electron chi connectivity index (χ3n) is 10.4. The molecule has 0 spiro atoms. The van der Waals surface area contributed by atoms with Gasteiger partial charge in [0.15, 0.2) is 0 Å². The second-order valence-corrected chi connectivity index (χ2v) is 15.8. The minimum absolute atomic E-state index is 0.0456. The number of carbonyl (C=O) groups excluding carboxylic acids is 2. The highest BCUT2D eigenvalue weighted by molar-refractivity contribution is 5.77. The smallest absolute Gasteiger partial charge is 0.306 e. The van der Waals surface area contributed by atoms with Crippen LogP contribution in [0, 0.1) is 0 Å². The number of amides is 1. The van der Waals surface area contributed by atoms with E-state index < -0.39 is 18.2 Å². The van der Waals surface area contributed by atoms with Gasteiger partial charge in [-0.25, -0.2) is 0 Å². The number of aliphatic hydroxyl groups excluding tert-OH is 2. The third-order valence-corrected chi connectivity index (χ3v) is 10.4. The fraction of sp³-hybridized carbons (Fsp3) is 0.796. The van der Waals surface area contributed by atoms with Gasteiger partial charge in [0.25, 0.3) is 0 Å². The molecular weight excluding hydrogens is 683 g/mol. The third kappa shape index (κ3) is 38.5. The lowest BCUT2D eigenvalue weighted by atomic mass is 10.0. The Morgan fingerprint density at radius 1 is 0.545 bits per heavy atom. The zero-order chi connectivity index (χ0) is 40.3. The predicted molar refractivity (Wildman–Crippen MR) is 236 cm³/mol. The first kappa shape index (κ1) is 52.8. The molecule has 0 aromatic carbocycles. The first-order chi connectivity index (χ1) is 27.0. The van der Waals surface area contributed by atoms with Crippen molar-refractivity contribution >= 4 is 11.9 Å². The van der Waals surface area contributed by atoms with Gasteiger partial charge in [-0.05, 0) is 83.5 Å². The molecule has 0 aliphatic heterocycles. The normalized spacial score (nSPS) is 13.8. The van der Waals surface area contributed by atoms with Crippen LogP contribution in [-0.4, -0.2) is 46.9 Å². The van der Waals surface area contributed by atoms with Crippen LogP contribution < -0.4 is 5.32 Å². The number of allylic oxidation sites excluding steroid dienone is 8. The fourth-order valence-corrected chi connectivity index (χ4v) is 6.85. The molecule has 0 fully saturated rings. The summed E-state index contributed by atoms with van der Waals surface area (Å²) in [6.45, 7) is 6.33. The van der Waals surface area contributed by atoms with Crippen molar-refractivity contribution in [3.8, 4) is 0 Å². The Morgan fingerprint density at radius 2 is 0.982 bits per heavy atom. The number of esters is 1. The molecule has 55 heavy (non-hydrogen) atoms.